The topological polar surface area (TPSA) is 77.4 Å². The van der Waals surface area contributed by atoms with Crippen LogP contribution in [0.5, 0.6) is 5.75 Å². The van der Waals surface area contributed by atoms with E-state index in [1.807, 2.05) is 41.1 Å². The fourth-order valence-electron chi connectivity index (χ4n) is 5.19. The lowest BCUT2D eigenvalue weighted by Crippen LogP contribution is -2.67. The van der Waals surface area contributed by atoms with Gasteiger partial charge in [0.25, 0.3) is 8.32 Å². The van der Waals surface area contributed by atoms with Crippen LogP contribution >= 0.6 is 0 Å². The van der Waals surface area contributed by atoms with Crippen LogP contribution < -0.4 is 25.7 Å². The molecule has 3 aromatic carbocycles. The minimum Gasteiger partial charge on any atom is -0.497 e. The lowest BCUT2D eigenvalue weighted by atomic mass is 10.2. The van der Waals surface area contributed by atoms with Gasteiger partial charge in [0.05, 0.1) is 26.5 Å². The highest BCUT2D eigenvalue weighted by molar-refractivity contribution is 6.99. The van der Waals surface area contributed by atoms with Crippen LogP contribution in [0.3, 0.4) is 0 Å². The average Bonchev–Trinajstić information content (AvgIpc) is 3.30. The molecule has 5 rings (SSSR count). The molecule has 7 nitrogen and oxygen atoms in total. The molecule has 1 unspecified atom stereocenters. The number of carbonyl (C=O) groups excluding carboxylic acids is 1. The second kappa shape index (κ2) is 10.5. The molecule has 2 heterocycles. The van der Waals surface area contributed by atoms with E-state index in [0.29, 0.717) is 12.2 Å². The first-order valence-electron chi connectivity index (χ1n) is 12.8. The molecule has 38 heavy (non-hydrogen) atoms. The SMILES string of the molecule is COc1ccc(Cn2ncc3c2NC(CO[Si](c2ccccc2)(c2ccccc2)C(C)(C)C)C(=O)N3)cc1. The Labute approximate surface area is 224 Å². The molecule has 0 saturated carbocycles. The van der Waals surface area contributed by atoms with Crippen LogP contribution in [0.1, 0.15) is 26.3 Å². The normalized spacial score (nSPS) is 15.4. The van der Waals surface area contributed by atoms with Crippen LogP contribution in [0, 0.1) is 0 Å². The molecule has 1 aliphatic rings. The summed E-state index contributed by atoms with van der Waals surface area (Å²) >= 11 is 0. The number of anilines is 2. The summed E-state index contributed by atoms with van der Waals surface area (Å²) in [6.07, 6.45) is 1.68. The Morgan fingerprint density at radius 2 is 1.53 bits per heavy atom. The highest BCUT2D eigenvalue weighted by atomic mass is 28.4. The predicted molar refractivity (Wildman–Crippen MR) is 154 cm³/mol. The highest BCUT2D eigenvalue weighted by Crippen LogP contribution is 2.37. The van der Waals surface area contributed by atoms with E-state index in [1.54, 1.807) is 13.3 Å². The van der Waals surface area contributed by atoms with Crippen molar-refractivity contribution in [2.75, 3.05) is 24.4 Å². The van der Waals surface area contributed by atoms with Gasteiger partial charge in [-0.15, -0.1) is 0 Å². The van der Waals surface area contributed by atoms with Crippen LogP contribution in [0.4, 0.5) is 11.5 Å². The van der Waals surface area contributed by atoms with Crippen molar-refractivity contribution in [2.45, 2.75) is 38.4 Å². The molecule has 0 radical (unpaired) electrons. The van der Waals surface area contributed by atoms with Gasteiger partial charge in [-0.3, -0.25) is 4.79 Å². The van der Waals surface area contributed by atoms with Gasteiger partial charge in [0, 0.05) is 0 Å². The van der Waals surface area contributed by atoms with Gasteiger partial charge in [-0.2, -0.15) is 5.10 Å². The summed E-state index contributed by atoms with van der Waals surface area (Å²) in [6, 6.07) is 28.2. The van der Waals surface area contributed by atoms with Crippen molar-refractivity contribution in [2.24, 2.45) is 0 Å². The lowest BCUT2D eigenvalue weighted by molar-refractivity contribution is -0.117. The monoisotopic (exact) mass is 526 g/mol. The predicted octanol–water partition coefficient (Wildman–Crippen LogP) is 4.25. The highest BCUT2D eigenvalue weighted by Gasteiger charge is 2.50. The summed E-state index contributed by atoms with van der Waals surface area (Å²) < 4.78 is 14.2. The van der Waals surface area contributed by atoms with Crippen molar-refractivity contribution in [3.05, 3.63) is 96.7 Å². The summed E-state index contributed by atoms with van der Waals surface area (Å²) in [6.45, 7) is 7.48. The van der Waals surface area contributed by atoms with E-state index >= 15 is 0 Å². The molecule has 1 atom stereocenters. The van der Waals surface area contributed by atoms with Crippen molar-refractivity contribution in [1.82, 2.24) is 9.78 Å². The van der Waals surface area contributed by atoms with Gasteiger partial charge in [-0.1, -0.05) is 93.6 Å². The van der Waals surface area contributed by atoms with Crippen LogP contribution in [-0.2, 0) is 15.8 Å². The second-order valence-electron chi connectivity index (χ2n) is 10.6. The number of hydrogen-bond acceptors (Lipinski definition) is 5. The van der Waals surface area contributed by atoms with E-state index in [4.69, 9.17) is 9.16 Å². The molecule has 0 bridgehead atoms. The number of benzene rings is 3. The molecular formula is C30H34N4O3Si. The maximum absolute atomic E-state index is 13.1. The molecule has 4 aromatic rings. The van der Waals surface area contributed by atoms with Crippen molar-refractivity contribution >= 4 is 36.1 Å². The van der Waals surface area contributed by atoms with Crippen LogP contribution in [0.25, 0.3) is 0 Å². The fourth-order valence-corrected chi connectivity index (χ4v) is 9.76. The number of rotatable bonds is 8. The molecule has 0 saturated heterocycles. The Bertz CT molecular complexity index is 1340. The quantitative estimate of drug-likeness (QED) is 0.336. The molecular weight excluding hydrogens is 492 g/mol. The summed E-state index contributed by atoms with van der Waals surface area (Å²) in [5, 5.41) is 13.2. The Kier molecular flexibility index (Phi) is 7.10. The number of carbonyl (C=O) groups is 1. The van der Waals surface area contributed by atoms with Crippen molar-refractivity contribution in [3.63, 3.8) is 0 Å². The van der Waals surface area contributed by atoms with Gasteiger partial charge < -0.3 is 19.8 Å². The molecule has 1 amide bonds. The van der Waals surface area contributed by atoms with E-state index < -0.39 is 14.4 Å². The molecule has 8 heteroatoms. The van der Waals surface area contributed by atoms with Crippen LogP contribution in [0.15, 0.2) is 91.1 Å². The van der Waals surface area contributed by atoms with Crippen molar-refractivity contribution < 1.29 is 14.0 Å². The molecule has 0 spiro atoms. The van der Waals surface area contributed by atoms with E-state index in [9.17, 15) is 4.79 Å². The number of amides is 1. The molecule has 1 aromatic heterocycles. The van der Waals surface area contributed by atoms with E-state index in [0.717, 1.165) is 17.1 Å². The summed E-state index contributed by atoms with van der Waals surface area (Å²) in [7, 11) is -1.12. The molecule has 0 aliphatic carbocycles. The van der Waals surface area contributed by atoms with Crippen molar-refractivity contribution in [3.8, 4) is 5.75 Å². The van der Waals surface area contributed by atoms with Gasteiger partial charge >= 0.3 is 0 Å². The van der Waals surface area contributed by atoms with Crippen LogP contribution in [0.2, 0.25) is 5.04 Å². The van der Waals surface area contributed by atoms with Crippen LogP contribution in [-0.4, -0.2) is 43.8 Å². The maximum Gasteiger partial charge on any atom is 0.261 e. The Morgan fingerprint density at radius 3 is 2.08 bits per heavy atom. The third kappa shape index (κ3) is 4.84. The Balaban J connectivity index is 1.43. The van der Waals surface area contributed by atoms with E-state index in [2.05, 4.69) is 85.0 Å². The Hall–Kier alpha value is -3.88. The van der Waals surface area contributed by atoms with Gasteiger partial charge in [-0.25, -0.2) is 4.68 Å². The largest absolute Gasteiger partial charge is 0.497 e. The van der Waals surface area contributed by atoms with Gasteiger partial charge in [-0.05, 0) is 33.1 Å². The number of methoxy groups -OCH3 is 1. The lowest BCUT2D eigenvalue weighted by Gasteiger charge is -2.43. The average molecular weight is 527 g/mol. The number of hydrogen-bond donors (Lipinski definition) is 2. The zero-order chi connectivity index (χ0) is 26.8. The summed E-state index contributed by atoms with van der Waals surface area (Å²) in [4.78, 5) is 13.1. The molecule has 2 N–H and O–H groups in total. The second-order valence-corrected chi connectivity index (χ2v) is 14.9. The zero-order valence-corrected chi connectivity index (χ0v) is 23.3. The third-order valence-corrected chi connectivity index (χ3v) is 12.1. The van der Waals surface area contributed by atoms with Gasteiger partial charge in [0.2, 0.25) is 5.91 Å². The molecule has 0 fully saturated rings. The summed E-state index contributed by atoms with van der Waals surface area (Å²) in [5.74, 6) is 1.46. The minimum absolute atomic E-state index is 0.126. The first kappa shape index (κ1) is 25.8. The standard InChI is InChI=1S/C30H34N4O3Si/c1-30(2,3)38(24-11-7-5-8-12-24,25-13-9-6-10-14-25)37-21-27-29(35)33-26-19-31-34(28(26)32-27)20-22-15-17-23(36-4)18-16-22/h5-19,27,32H,20-21H2,1-4H3,(H,33,35). The van der Waals surface area contributed by atoms with E-state index in [1.165, 1.54) is 10.4 Å². The fraction of sp³-hybridized carbons (Fsp3) is 0.267. The Morgan fingerprint density at radius 1 is 0.921 bits per heavy atom. The van der Waals surface area contributed by atoms with E-state index in [-0.39, 0.29) is 17.6 Å². The molecule has 196 valence electrons. The van der Waals surface area contributed by atoms with Crippen molar-refractivity contribution in [1.29, 1.82) is 0 Å². The first-order chi connectivity index (χ1) is 18.3. The summed E-state index contributed by atoms with van der Waals surface area (Å²) in [5.41, 5.74) is 1.75. The number of ether oxygens (including phenoxy) is 1. The zero-order valence-electron chi connectivity index (χ0n) is 22.3. The smallest absolute Gasteiger partial charge is 0.261 e. The maximum atomic E-state index is 13.1. The number of aromatic nitrogens is 2. The van der Waals surface area contributed by atoms with Gasteiger partial charge in [0.1, 0.15) is 23.3 Å². The van der Waals surface area contributed by atoms with Gasteiger partial charge in [0.15, 0.2) is 0 Å². The third-order valence-electron chi connectivity index (χ3n) is 7.10. The number of nitrogens with zero attached hydrogens (tertiary/aromatic N) is 2. The first-order valence-corrected chi connectivity index (χ1v) is 14.7. The number of nitrogens with one attached hydrogen (secondary N) is 2. The molecule has 1 aliphatic heterocycles. The number of fused-ring (bicyclic) bond motifs is 1. The minimum atomic E-state index is -2.78.